The summed E-state index contributed by atoms with van der Waals surface area (Å²) >= 11 is 0. The number of hydrogen-bond acceptors (Lipinski definition) is 4. The van der Waals surface area contributed by atoms with Crippen LogP contribution in [0.3, 0.4) is 0 Å². The smallest absolute Gasteiger partial charge is 0.305 e. The number of carbonyl (C=O) groups excluding carboxylic acids is 1. The number of carbonyl (C=O) groups is 2. The molecule has 0 aliphatic carbocycles. The number of amides is 1. The van der Waals surface area contributed by atoms with Crippen molar-refractivity contribution in [2.45, 2.75) is 38.6 Å². The Morgan fingerprint density at radius 3 is 2.50 bits per heavy atom. The molecule has 7 nitrogen and oxygen atoms in total. The Labute approximate surface area is 119 Å². The zero-order valence-electron chi connectivity index (χ0n) is 11.9. The first-order valence-electron chi connectivity index (χ1n) is 6.74. The molecular formula is C12H22N2O5S. The first-order valence-corrected chi connectivity index (χ1v) is 8.59. The van der Waals surface area contributed by atoms with Crippen molar-refractivity contribution in [2.75, 3.05) is 25.9 Å². The second kappa shape index (κ2) is 7.03. The van der Waals surface area contributed by atoms with Gasteiger partial charge < -0.3 is 10.0 Å². The van der Waals surface area contributed by atoms with Gasteiger partial charge in [-0.15, -0.1) is 0 Å². The van der Waals surface area contributed by atoms with Gasteiger partial charge in [0.2, 0.25) is 15.9 Å². The quantitative estimate of drug-likeness (QED) is 0.752. The third-order valence-electron chi connectivity index (χ3n) is 3.45. The minimum atomic E-state index is -3.42. The Morgan fingerprint density at radius 2 is 2.00 bits per heavy atom. The van der Waals surface area contributed by atoms with Crippen LogP contribution in [0, 0.1) is 0 Å². The third kappa shape index (κ3) is 4.45. The van der Waals surface area contributed by atoms with E-state index in [9.17, 15) is 18.0 Å². The minimum absolute atomic E-state index is 0.110. The number of carboxylic acid groups (broad SMARTS) is 1. The van der Waals surface area contributed by atoms with E-state index >= 15 is 0 Å². The highest BCUT2D eigenvalue weighted by molar-refractivity contribution is 7.88. The van der Waals surface area contributed by atoms with Crippen molar-refractivity contribution < 1.29 is 23.1 Å². The van der Waals surface area contributed by atoms with Gasteiger partial charge in [-0.25, -0.2) is 8.42 Å². The number of sulfonamides is 1. The molecule has 0 spiro atoms. The number of piperidine rings is 1. The molecule has 1 fully saturated rings. The molecule has 0 radical (unpaired) electrons. The molecule has 1 N–H and O–H groups in total. The number of likely N-dealkylation sites (N-methyl/N-ethyl adjacent to an activating group) is 1. The van der Waals surface area contributed by atoms with Crippen LogP contribution < -0.4 is 0 Å². The Morgan fingerprint density at radius 1 is 1.35 bits per heavy atom. The third-order valence-corrected chi connectivity index (χ3v) is 4.74. The van der Waals surface area contributed by atoms with Gasteiger partial charge in [-0.1, -0.05) is 6.42 Å². The topological polar surface area (TPSA) is 95.0 Å². The first-order chi connectivity index (χ1) is 9.27. The van der Waals surface area contributed by atoms with Gasteiger partial charge in [-0.05, 0) is 19.8 Å². The normalized spacial score (nSPS) is 20.6. The van der Waals surface area contributed by atoms with Crippen molar-refractivity contribution in [1.29, 1.82) is 0 Å². The van der Waals surface area contributed by atoms with Crippen LogP contribution in [0.4, 0.5) is 0 Å². The lowest BCUT2D eigenvalue weighted by Gasteiger charge is -2.35. The average molecular weight is 306 g/mol. The van der Waals surface area contributed by atoms with Crippen molar-refractivity contribution >= 4 is 21.9 Å². The van der Waals surface area contributed by atoms with Crippen molar-refractivity contribution in [3.63, 3.8) is 0 Å². The zero-order chi connectivity index (χ0) is 15.3. The van der Waals surface area contributed by atoms with E-state index in [1.54, 1.807) is 6.92 Å². The molecule has 0 unspecified atom stereocenters. The van der Waals surface area contributed by atoms with E-state index < -0.39 is 22.0 Å². The fraction of sp³-hybridized carbons (Fsp3) is 0.833. The van der Waals surface area contributed by atoms with Crippen LogP contribution in [0.2, 0.25) is 0 Å². The summed E-state index contributed by atoms with van der Waals surface area (Å²) in [5.41, 5.74) is 0. The summed E-state index contributed by atoms with van der Waals surface area (Å²) in [7, 11) is -3.42. The molecule has 20 heavy (non-hydrogen) atoms. The zero-order valence-corrected chi connectivity index (χ0v) is 12.7. The number of aliphatic carboxylic acids is 1. The first kappa shape index (κ1) is 16.9. The maximum Gasteiger partial charge on any atom is 0.305 e. The second-order valence-electron chi connectivity index (χ2n) is 4.95. The molecule has 1 rings (SSSR count). The van der Waals surface area contributed by atoms with Crippen LogP contribution in [-0.4, -0.2) is 66.5 Å². The van der Waals surface area contributed by atoms with Crippen molar-refractivity contribution in [3.05, 3.63) is 0 Å². The number of hydrogen-bond donors (Lipinski definition) is 1. The molecule has 1 amide bonds. The van der Waals surface area contributed by atoms with Crippen LogP contribution in [0.5, 0.6) is 0 Å². The molecule has 0 aromatic rings. The van der Waals surface area contributed by atoms with E-state index in [2.05, 4.69) is 0 Å². The largest absolute Gasteiger partial charge is 0.481 e. The number of nitrogens with zero attached hydrogens (tertiary/aromatic N) is 2. The molecule has 1 atom stereocenters. The van der Waals surface area contributed by atoms with Crippen LogP contribution in [-0.2, 0) is 19.6 Å². The predicted molar refractivity (Wildman–Crippen MR) is 73.7 cm³/mol. The van der Waals surface area contributed by atoms with E-state index in [0.29, 0.717) is 19.5 Å². The summed E-state index contributed by atoms with van der Waals surface area (Å²) in [5.74, 6) is -1.27. The average Bonchev–Trinajstić information content (AvgIpc) is 2.38. The van der Waals surface area contributed by atoms with E-state index in [1.807, 2.05) is 0 Å². The van der Waals surface area contributed by atoms with E-state index in [1.165, 1.54) is 9.21 Å². The molecule has 116 valence electrons. The number of rotatable bonds is 6. The van der Waals surface area contributed by atoms with Gasteiger partial charge >= 0.3 is 5.97 Å². The van der Waals surface area contributed by atoms with E-state index in [-0.39, 0.29) is 18.9 Å². The van der Waals surface area contributed by atoms with Crippen LogP contribution in [0.15, 0.2) is 0 Å². The lowest BCUT2D eigenvalue weighted by molar-refractivity contribution is -0.140. The van der Waals surface area contributed by atoms with Gasteiger partial charge in [0.25, 0.3) is 0 Å². The van der Waals surface area contributed by atoms with Gasteiger partial charge in [0.15, 0.2) is 0 Å². The SMILES string of the molecule is CCN(CCC(=O)O)C(=O)[C@@H]1CCCCN1S(C)(=O)=O. The standard InChI is InChI=1S/C12H22N2O5S/c1-3-13(9-7-11(15)16)12(17)10-6-4-5-8-14(10)20(2,18)19/h10H,3-9H2,1-2H3,(H,15,16)/t10-/m0/s1. The van der Waals surface area contributed by atoms with Gasteiger partial charge in [0.05, 0.1) is 12.7 Å². The summed E-state index contributed by atoms with van der Waals surface area (Å²) in [4.78, 5) is 24.4. The maximum absolute atomic E-state index is 12.4. The van der Waals surface area contributed by atoms with Gasteiger partial charge in [0.1, 0.15) is 6.04 Å². The second-order valence-corrected chi connectivity index (χ2v) is 6.88. The summed E-state index contributed by atoms with van der Waals surface area (Å²) in [6.07, 6.45) is 3.02. The fourth-order valence-corrected chi connectivity index (χ4v) is 3.53. The molecule has 0 aromatic heterocycles. The van der Waals surface area contributed by atoms with Gasteiger partial charge in [-0.3, -0.25) is 9.59 Å². The lowest BCUT2D eigenvalue weighted by Crippen LogP contribution is -2.53. The highest BCUT2D eigenvalue weighted by Crippen LogP contribution is 2.21. The van der Waals surface area contributed by atoms with E-state index in [0.717, 1.165) is 19.1 Å². The van der Waals surface area contributed by atoms with Crippen molar-refractivity contribution in [1.82, 2.24) is 9.21 Å². The fourth-order valence-electron chi connectivity index (χ4n) is 2.41. The van der Waals surface area contributed by atoms with Gasteiger partial charge in [-0.2, -0.15) is 4.31 Å². The molecule has 0 aromatic carbocycles. The molecule has 1 heterocycles. The Bertz CT molecular complexity index is 462. The molecule has 8 heteroatoms. The van der Waals surface area contributed by atoms with E-state index in [4.69, 9.17) is 5.11 Å². The Kier molecular flexibility index (Phi) is 5.94. The van der Waals surface area contributed by atoms with Crippen LogP contribution >= 0.6 is 0 Å². The highest BCUT2D eigenvalue weighted by atomic mass is 32.2. The minimum Gasteiger partial charge on any atom is -0.481 e. The Hall–Kier alpha value is -1.15. The van der Waals surface area contributed by atoms with Crippen LogP contribution in [0.1, 0.15) is 32.6 Å². The maximum atomic E-state index is 12.4. The summed E-state index contributed by atoms with van der Waals surface area (Å²) in [5, 5.41) is 8.69. The lowest BCUT2D eigenvalue weighted by atomic mass is 10.0. The van der Waals surface area contributed by atoms with Crippen molar-refractivity contribution in [3.8, 4) is 0 Å². The molecule has 1 saturated heterocycles. The Balaban J connectivity index is 2.82. The molecule has 0 saturated carbocycles. The predicted octanol–water partition coefficient (Wildman–Crippen LogP) is 0.124. The summed E-state index contributed by atoms with van der Waals surface area (Å²) in [6.45, 7) is 2.60. The molecule has 0 bridgehead atoms. The number of carboxylic acids is 1. The van der Waals surface area contributed by atoms with Crippen LogP contribution in [0.25, 0.3) is 0 Å². The monoisotopic (exact) mass is 306 g/mol. The highest BCUT2D eigenvalue weighted by Gasteiger charge is 2.36. The van der Waals surface area contributed by atoms with Crippen molar-refractivity contribution in [2.24, 2.45) is 0 Å². The summed E-state index contributed by atoms with van der Waals surface area (Å²) in [6, 6.07) is -0.688. The summed E-state index contributed by atoms with van der Waals surface area (Å²) < 4.78 is 24.7. The molecular weight excluding hydrogens is 284 g/mol. The molecule has 1 aliphatic heterocycles. The molecule has 1 aliphatic rings. The van der Waals surface area contributed by atoms with Gasteiger partial charge in [0, 0.05) is 19.6 Å².